The molecule has 7 heteroatoms. The number of hydrogen-bond donors (Lipinski definition) is 1. The fraction of sp³-hybridized carbons (Fsp3) is 0.700. The zero-order valence-electron chi connectivity index (χ0n) is 23.0. The van der Waals surface area contributed by atoms with Crippen LogP contribution in [0.4, 0.5) is 0 Å². The standard InChI is InChI=1S/C30H46N2O5/c1-4-5-6-7-8-12-20-37-30(35)27-21-24-16-13-17-26(24)32(27)28(33)22(2)31-25(29(34)36-3)19-18-23-14-10-9-11-15-23/h9-11,14-15,22,24-27,31H,4-8,12-13,16-21H2,1-3H3/t22-,24-,25-,26-,27-/m0/s1. The molecule has 2 fully saturated rings. The molecule has 37 heavy (non-hydrogen) atoms. The lowest BCUT2D eigenvalue weighted by Gasteiger charge is -2.32. The highest BCUT2D eigenvalue weighted by Gasteiger charge is 2.50. The highest BCUT2D eigenvalue weighted by Crippen LogP contribution is 2.42. The summed E-state index contributed by atoms with van der Waals surface area (Å²) in [6.45, 7) is 4.39. The predicted molar refractivity (Wildman–Crippen MR) is 144 cm³/mol. The second-order valence-corrected chi connectivity index (χ2v) is 10.7. The van der Waals surface area contributed by atoms with Crippen LogP contribution in [0.25, 0.3) is 0 Å². The molecule has 3 rings (SSSR count). The van der Waals surface area contributed by atoms with Crippen LogP contribution in [0.2, 0.25) is 0 Å². The number of hydrogen-bond acceptors (Lipinski definition) is 6. The van der Waals surface area contributed by atoms with Gasteiger partial charge < -0.3 is 14.4 Å². The summed E-state index contributed by atoms with van der Waals surface area (Å²) in [5, 5.41) is 3.21. The third-order valence-electron chi connectivity index (χ3n) is 7.98. The number of likely N-dealkylation sites (tertiary alicyclic amines) is 1. The van der Waals surface area contributed by atoms with Gasteiger partial charge in [-0.2, -0.15) is 0 Å². The molecule has 1 aromatic carbocycles. The third kappa shape index (κ3) is 8.29. The molecule has 1 saturated carbocycles. The number of fused-ring (bicyclic) bond motifs is 1. The number of unbranched alkanes of at least 4 members (excludes halogenated alkanes) is 5. The normalized spacial score (nSPS) is 22.4. The van der Waals surface area contributed by atoms with Gasteiger partial charge in [-0.15, -0.1) is 0 Å². The second kappa shape index (κ2) is 15.1. The van der Waals surface area contributed by atoms with Crippen LogP contribution in [0.1, 0.15) is 90.0 Å². The molecule has 1 aromatic rings. The lowest BCUT2D eigenvalue weighted by Crippen LogP contribution is -2.55. The molecule has 0 aromatic heterocycles. The molecule has 7 nitrogen and oxygen atoms in total. The number of ether oxygens (including phenoxy) is 2. The minimum Gasteiger partial charge on any atom is -0.468 e. The predicted octanol–water partition coefficient (Wildman–Crippen LogP) is 4.81. The molecule has 1 N–H and O–H groups in total. The number of rotatable bonds is 15. The molecule has 1 saturated heterocycles. The van der Waals surface area contributed by atoms with E-state index in [2.05, 4.69) is 12.2 Å². The average molecular weight is 515 g/mol. The molecule has 0 spiro atoms. The Morgan fingerprint density at radius 1 is 1.05 bits per heavy atom. The second-order valence-electron chi connectivity index (χ2n) is 10.7. The van der Waals surface area contributed by atoms with Gasteiger partial charge in [-0.1, -0.05) is 75.8 Å². The van der Waals surface area contributed by atoms with E-state index in [1.54, 1.807) is 11.8 Å². The number of nitrogens with one attached hydrogen (secondary N) is 1. The van der Waals surface area contributed by atoms with Crippen molar-refractivity contribution < 1.29 is 23.9 Å². The molecule has 0 unspecified atom stereocenters. The van der Waals surface area contributed by atoms with Crippen molar-refractivity contribution in [1.29, 1.82) is 0 Å². The fourth-order valence-corrected chi connectivity index (χ4v) is 5.93. The van der Waals surface area contributed by atoms with Crippen LogP contribution >= 0.6 is 0 Å². The zero-order valence-corrected chi connectivity index (χ0v) is 23.0. The van der Waals surface area contributed by atoms with Gasteiger partial charge in [0.25, 0.3) is 0 Å². The zero-order chi connectivity index (χ0) is 26.6. The Morgan fingerprint density at radius 3 is 2.51 bits per heavy atom. The van der Waals surface area contributed by atoms with Crippen LogP contribution in [0.5, 0.6) is 0 Å². The minimum atomic E-state index is -0.618. The Hall–Kier alpha value is -2.41. The summed E-state index contributed by atoms with van der Waals surface area (Å²) < 4.78 is 10.7. The van der Waals surface area contributed by atoms with Crippen LogP contribution in [-0.4, -0.2) is 60.6 Å². The van der Waals surface area contributed by atoms with E-state index in [-0.39, 0.29) is 23.9 Å². The molecule has 0 bridgehead atoms. The molecule has 5 atom stereocenters. The van der Waals surface area contributed by atoms with Gasteiger partial charge in [-0.05, 0) is 56.9 Å². The maximum absolute atomic E-state index is 13.7. The van der Waals surface area contributed by atoms with Gasteiger partial charge in [-0.3, -0.25) is 14.9 Å². The molecule has 1 heterocycles. The quantitative estimate of drug-likeness (QED) is 0.267. The molecule has 2 aliphatic rings. The van der Waals surface area contributed by atoms with E-state index in [1.165, 1.54) is 32.8 Å². The summed E-state index contributed by atoms with van der Waals surface area (Å²) in [7, 11) is 1.37. The topological polar surface area (TPSA) is 84.9 Å². The van der Waals surface area contributed by atoms with Crippen LogP contribution in [0, 0.1) is 5.92 Å². The average Bonchev–Trinajstić information content (AvgIpc) is 3.51. The van der Waals surface area contributed by atoms with E-state index in [0.29, 0.717) is 31.8 Å². The van der Waals surface area contributed by atoms with Crippen LogP contribution in [-0.2, 0) is 30.3 Å². The first-order valence-electron chi connectivity index (χ1n) is 14.3. The first-order chi connectivity index (χ1) is 18.0. The summed E-state index contributed by atoms with van der Waals surface area (Å²) in [6.07, 6.45) is 11.7. The Kier molecular flexibility index (Phi) is 11.9. The lowest BCUT2D eigenvalue weighted by molar-refractivity contribution is -0.155. The lowest BCUT2D eigenvalue weighted by atomic mass is 10.0. The van der Waals surface area contributed by atoms with Gasteiger partial charge in [-0.25, -0.2) is 4.79 Å². The van der Waals surface area contributed by atoms with Crippen molar-refractivity contribution >= 4 is 17.8 Å². The molecule has 1 amide bonds. The molecule has 206 valence electrons. The fourth-order valence-electron chi connectivity index (χ4n) is 5.93. The number of carbonyl (C=O) groups is 3. The number of amides is 1. The molecular formula is C30H46N2O5. The summed E-state index contributed by atoms with van der Waals surface area (Å²) in [6, 6.07) is 8.26. The van der Waals surface area contributed by atoms with Gasteiger partial charge in [0.2, 0.25) is 5.91 Å². The smallest absolute Gasteiger partial charge is 0.328 e. The van der Waals surface area contributed by atoms with Crippen molar-refractivity contribution in [3.8, 4) is 0 Å². The van der Waals surface area contributed by atoms with E-state index >= 15 is 0 Å². The number of methoxy groups -OCH3 is 1. The van der Waals surface area contributed by atoms with Gasteiger partial charge in [0.05, 0.1) is 19.8 Å². The molecule has 1 aliphatic heterocycles. The highest BCUT2D eigenvalue weighted by molar-refractivity contribution is 5.89. The third-order valence-corrected chi connectivity index (χ3v) is 7.98. The van der Waals surface area contributed by atoms with Crippen molar-refractivity contribution in [3.05, 3.63) is 35.9 Å². The highest BCUT2D eigenvalue weighted by atomic mass is 16.5. The first-order valence-corrected chi connectivity index (χ1v) is 14.3. The van der Waals surface area contributed by atoms with E-state index in [4.69, 9.17) is 9.47 Å². The molecular weight excluding hydrogens is 468 g/mol. The molecule has 1 aliphatic carbocycles. The number of aryl methyl sites for hydroxylation is 1. The van der Waals surface area contributed by atoms with E-state index in [0.717, 1.165) is 37.7 Å². The van der Waals surface area contributed by atoms with Crippen molar-refractivity contribution in [1.82, 2.24) is 10.2 Å². The SMILES string of the molecule is CCCCCCCCOC(=O)[C@@H]1C[C@@H]2CCC[C@@H]2N1C(=O)[C@H](C)N[C@@H](CCc1ccccc1)C(=O)OC. The largest absolute Gasteiger partial charge is 0.468 e. The Labute approximate surface area is 222 Å². The summed E-state index contributed by atoms with van der Waals surface area (Å²) in [5.74, 6) is -0.454. The van der Waals surface area contributed by atoms with Crippen LogP contribution in [0.15, 0.2) is 30.3 Å². The number of esters is 2. The van der Waals surface area contributed by atoms with Crippen LogP contribution < -0.4 is 5.32 Å². The maximum atomic E-state index is 13.7. The number of benzene rings is 1. The minimum absolute atomic E-state index is 0.0734. The van der Waals surface area contributed by atoms with Gasteiger partial charge in [0.15, 0.2) is 0 Å². The summed E-state index contributed by atoms with van der Waals surface area (Å²) >= 11 is 0. The number of carbonyl (C=O) groups excluding carboxylic acids is 3. The van der Waals surface area contributed by atoms with Crippen molar-refractivity contribution in [2.24, 2.45) is 5.92 Å². The van der Waals surface area contributed by atoms with Gasteiger partial charge >= 0.3 is 11.9 Å². The van der Waals surface area contributed by atoms with Crippen molar-refractivity contribution in [3.63, 3.8) is 0 Å². The number of nitrogens with zero attached hydrogens (tertiary/aromatic N) is 1. The molecule has 0 radical (unpaired) electrons. The Bertz CT molecular complexity index is 861. The van der Waals surface area contributed by atoms with Crippen molar-refractivity contribution in [2.75, 3.05) is 13.7 Å². The summed E-state index contributed by atoms with van der Waals surface area (Å²) in [5.41, 5.74) is 1.12. The van der Waals surface area contributed by atoms with Gasteiger partial charge in [0.1, 0.15) is 12.1 Å². The van der Waals surface area contributed by atoms with Crippen molar-refractivity contribution in [2.45, 2.75) is 115 Å². The van der Waals surface area contributed by atoms with E-state index in [1.807, 2.05) is 30.3 Å². The Morgan fingerprint density at radius 2 is 1.78 bits per heavy atom. The van der Waals surface area contributed by atoms with E-state index < -0.39 is 18.1 Å². The van der Waals surface area contributed by atoms with E-state index in [9.17, 15) is 14.4 Å². The Balaban J connectivity index is 1.58. The monoisotopic (exact) mass is 514 g/mol. The van der Waals surface area contributed by atoms with Crippen LogP contribution in [0.3, 0.4) is 0 Å². The van der Waals surface area contributed by atoms with Gasteiger partial charge in [0, 0.05) is 6.04 Å². The maximum Gasteiger partial charge on any atom is 0.328 e. The first kappa shape index (κ1) is 29.2. The summed E-state index contributed by atoms with van der Waals surface area (Å²) in [4.78, 5) is 41.1.